The molecule has 21 heavy (non-hydrogen) atoms. The van der Waals surface area contributed by atoms with E-state index in [0.29, 0.717) is 5.92 Å². The van der Waals surface area contributed by atoms with Crippen molar-refractivity contribution < 1.29 is 0 Å². The van der Waals surface area contributed by atoms with E-state index >= 15 is 0 Å². The summed E-state index contributed by atoms with van der Waals surface area (Å²) in [6.45, 7) is 9.20. The van der Waals surface area contributed by atoms with E-state index < -0.39 is 7.92 Å². The number of nitrogens with one attached hydrogen (secondary N) is 1. The zero-order valence-corrected chi connectivity index (χ0v) is 14.5. The van der Waals surface area contributed by atoms with Gasteiger partial charge in [-0.2, -0.15) is 0 Å². The van der Waals surface area contributed by atoms with Crippen LogP contribution in [0.25, 0.3) is 0 Å². The maximum absolute atomic E-state index is 4.63. The summed E-state index contributed by atoms with van der Waals surface area (Å²) >= 11 is 0. The van der Waals surface area contributed by atoms with Gasteiger partial charge in [-0.15, -0.1) is 0 Å². The van der Waals surface area contributed by atoms with Gasteiger partial charge in [0.1, 0.15) is 0 Å². The number of unbranched alkanes of at least 4 members (excludes halogenated alkanes) is 1. The molecule has 2 rings (SSSR count). The predicted molar refractivity (Wildman–Crippen MR) is 93.9 cm³/mol. The van der Waals surface area contributed by atoms with Crippen molar-refractivity contribution >= 4 is 13.4 Å². The number of rotatable bonds is 5. The summed E-state index contributed by atoms with van der Waals surface area (Å²) < 4.78 is 0. The zero-order chi connectivity index (χ0) is 15.3. The molecule has 0 saturated heterocycles. The number of allylic oxidation sites excluding steroid dienone is 2. The van der Waals surface area contributed by atoms with E-state index in [1.165, 1.54) is 30.1 Å². The standard InChI is InChI=1S/C18H27N2P/c1-5-6-9-15-11-13-20-17(14-15)21(18(2,3)4)16-10-7-8-12-19-16/h7-8,10-15,20H,5-6,9H2,1-4H3. The Kier molecular flexibility index (Phi) is 5.58. The largest absolute Gasteiger partial charge is 0.362 e. The molecule has 2 heterocycles. The van der Waals surface area contributed by atoms with Crippen LogP contribution in [-0.2, 0) is 0 Å². The third kappa shape index (κ3) is 4.41. The summed E-state index contributed by atoms with van der Waals surface area (Å²) in [6.07, 6.45) is 12.5. The Morgan fingerprint density at radius 2 is 2.10 bits per heavy atom. The second kappa shape index (κ2) is 7.22. The van der Waals surface area contributed by atoms with Crippen molar-refractivity contribution in [1.82, 2.24) is 10.3 Å². The fraction of sp³-hybridized carbons (Fsp3) is 0.500. The lowest BCUT2D eigenvalue weighted by atomic mass is 10.0. The van der Waals surface area contributed by atoms with Gasteiger partial charge in [0.15, 0.2) is 0 Å². The molecular formula is C18H27N2P. The quantitative estimate of drug-likeness (QED) is 0.794. The number of hydrogen-bond acceptors (Lipinski definition) is 2. The van der Waals surface area contributed by atoms with E-state index in [-0.39, 0.29) is 5.16 Å². The fourth-order valence-corrected chi connectivity index (χ4v) is 5.25. The van der Waals surface area contributed by atoms with Gasteiger partial charge >= 0.3 is 0 Å². The van der Waals surface area contributed by atoms with E-state index in [9.17, 15) is 0 Å². The maximum Gasteiger partial charge on any atom is 0.0696 e. The van der Waals surface area contributed by atoms with E-state index in [0.717, 1.165) is 0 Å². The Bertz CT molecular complexity index is 500. The van der Waals surface area contributed by atoms with E-state index in [4.69, 9.17) is 0 Å². The Morgan fingerprint density at radius 3 is 2.71 bits per heavy atom. The number of dihydropyridines is 1. The first-order chi connectivity index (χ1) is 10.0. The monoisotopic (exact) mass is 302 g/mol. The molecule has 1 aromatic rings. The first-order valence-corrected chi connectivity index (χ1v) is 9.23. The zero-order valence-electron chi connectivity index (χ0n) is 13.6. The normalized spacial score (nSPS) is 19.8. The van der Waals surface area contributed by atoms with Crippen LogP contribution in [0, 0.1) is 5.92 Å². The van der Waals surface area contributed by atoms with Crippen LogP contribution in [0.15, 0.2) is 48.2 Å². The molecule has 0 radical (unpaired) electrons. The summed E-state index contributed by atoms with van der Waals surface area (Å²) in [6, 6.07) is 6.25. The Hall–Kier alpha value is -1.14. The summed E-state index contributed by atoms with van der Waals surface area (Å²) in [5.74, 6) is 0.567. The average Bonchev–Trinajstić information content (AvgIpc) is 2.45. The lowest BCUT2D eigenvalue weighted by Gasteiger charge is -2.34. The van der Waals surface area contributed by atoms with E-state index in [2.05, 4.69) is 68.5 Å². The van der Waals surface area contributed by atoms with Crippen LogP contribution < -0.4 is 10.8 Å². The minimum Gasteiger partial charge on any atom is -0.362 e. The van der Waals surface area contributed by atoms with Gasteiger partial charge in [0.2, 0.25) is 0 Å². The topological polar surface area (TPSA) is 24.9 Å². The van der Waals surface area contributed by atoms with E-state index in [1.807, 2.05) is 12.3 Å². The fourth-order valence-electron chi connectivity index (χ4n) is 2.64. The molecule has 2 atom stereocenters. The van der Waals surface area contributed by atoms with Crippen LogP contribution in [0.5, 0.6) is 0 Å². The highest BCUT2D eigenvalue weighted by atomic mass is 31.1. The van der Waals surface area contributed by atoms with Crippen LogP contribution in [-0.4, -0.2) is 10.1 Å². The summed E-state index contributed by atoms with van der Waals surface area (Å²) in [5.41, 5.74) is 2.57. The number of hydrogen-bond donors (Lipinski definition) is 1. The number of aromatic nitrogens is 1. The van der Waals surface area contributed by atoms with Gasteiger partial charge in [-0.25, -0.2) is 0 Å². The molecule has 0 fully saturated rings. The third-order valence-corrected chi connectivity index (χ3v) is 6.45. The molecule has 1 aliphatic rings. The van der Waals surface area contributed by atoms with Crippen molar-refractivity contribution in [2.24, 2.45) is 5.92 Å². The Labute approximate surface area is 130 Å². The maximum atomic E-state index is 4.63. The summed E-state index contributed by atoms with van der Waals surface area (Å²) in [4.78, 5) is 4.63. The summed E-state index contributed by atoms with van der Waals surface area (Å²) in [7, 11) is -0.469. The van der Waals surface area contributed by atoms with Gasteiger partial charge in [-0.3, -0.25) is 4.98 Å². The Balaban J connectivity index is 2.27. The van der Waals surface area contributed by atoms with Crippen molar-refractivity contribution in [3.63, 3.8) is 0 Å². The molecule has 1 N–H and O–H groups in total. The highest BCUT2D eigenvalue weighted by Crippen LogP contribution is 2.54. The van der Waals surface area contributed by atoms with E-state index in [1.54, 1.807) is 0 Å². The molecule has 0 aliphatic carbocycles. The molecule has 114 valence electrons. The molecule has 2 unspecified atom stereocenters. The molecule has 0 amide bonds. The smallest absolute Gasteiger partial charge is 0.0696 e. The van der Waals surface area contributed by atoms with Gasteiger partial charge in [0, 0.05) is 11.6 Å². The van der Waals surface area contributed by atoms with Crippen molar-refractivity contribution in [3.8, 4) is 0 Å². The van der Waals surface area contributed by atoms with Crippen LogP contribution in [0.3, 0.4) is 0 Å². The molecule has 0 bridgehead atoms. The van der Waals surface area contributed by atoms with Crippen LogP contribution >= 0.6 is 7.92 Å². The van der Waals surface area contributed by atoms with Crippen molar-refractivity contribution in [2.75, 3.05) is 0 Å². The first kappa shape index (κ1) is 16.2. The molecule has 3 heteroatoms. The third-order valence-electron chi connectivity index (χ3n) is 3.63. The first-order valence-electron chi connectivity index (χ1n) is 7.88. The van der Waals surface area contributed by atoms with Crippen molar-refractivity contribution in [3.05, 3.63) is 48.2 Å². The lowest BCUT2D eigenvalue weighted by Crippen LogP contribution is -2.27. The highest BCUT2D eigenvalue weighted by molar-refractivity contribution is 7.70. The summed E-state index contributed by atoms with van der Waals surface area (Å²) in [5, 5.41) is 3.70. The molecular weight excluding hydrogens is 275 g/mol. The molecule has 2 nitrogen and oxygen atoms in total. The van der Waals surface area contributed by atoms with Gasteiger partial charge in [-0.05, 0) is 43.7 Å². The molecule has 1 aromatic heterocycles. The highest BCUT2D eigenvalue weighted by Gasteiger charge is 2.31. The second-order valence-electron chi connectivity index (χ2n) is 6.56. The minimum absolute atomic E-state index is 0.197. The van der Waals surface area contributed by atoms with Crippen molar-refractivity contribution in [2.45, 2.75) is 52.1 Å². The van der Waals surface area contributed by atoms with Crippen LogP contribution in [0.1, 0.15) is 47.0 Å². The van der Waals surface area contributed by atoms with Crippen LogP contribution in [0.2, 0.25) is 0 Å². The number of pyridine rings is 1. The SMILES string of the molecule is CCCCC1C=CNC(P(c2ccccn2)C(C)(C)C)=C1. The minimum atomic E-state index is -0.469. The average molecular weight is 302 g/mol. The van der Waals surface area contributed by atoms with Gasteiger partial charge in [0.05, 0.1) is 5.44 Å². The number of nitrogens with zero attached hydrogens (tertiary/aromatic N) is 1. The lowest BCUT2D eigenvalue weighted by molar-refractivity contribution is 0.631. The molecule has 1 aliphatic heterocycles. The second-order valence-corrected chi connectivity index (χ2v) is 9.51. The Morgan fingerprint density at radius 1 is 1.29 bits per heavy atom. The molecule has 0 aromatic carbocycles. The molecule has 0 saturated carbocycles. The van der Waals surface area contributed by atoms with Gasteiger partial charge in [0.25, 0.3) is 0 Å². The van der Waals surface area contributed by atoms with Crippen LogP contribution in [0.4, 0.5) is 0 Å². The van der Waals surface area contributed by atoms with Crippen molar-refractivity contribution in [1.29, 1.82) is 0 Å². The van der Waals surface area contributed by atoms with Gasteiger partial charge in [-0.1, -0.05) is 58.8 Å². The molecule has 0 spiro atoms. The van der Waals surface area contributed by atoms with Gasteiger partial charge < -0.3 is 5.32 Å². The predicted octanol–water partition coefficient (Wildman–Crippen LogP) is 4.75.